The summed E-state index contributed by atoms with van der Waals surface area (Å²) in [5.74, 6) is 0.576. The molecule has 0 aromatic rings. The number of nitrogens with two attached hydrogens (primary N) is 1. The van der Waals surface area contributed by atoms with Gasteiger partial charge in [-0.15, -0.1) is 0 Å². The zero-order valence-corrected chi connectivity index (χ0v) is 10.5. The average Bonchev–Trinajstić information content (AvgIpc) is 2.25. The van der Waals surface area contributed by atoms with Gasteiger partial charge in [0.25, 0.3) is 0 Å². The molecule has 3 N–H and O–H groups in total. The Morgan fingerprint density at radius 2 is 2.06 bits per heavy atom. The van der Waals surface area contributed by atoms with E-state index in [0.29, 0.717) is 12.5 Å². The number of primary amides is 1. The van der Waals surface area contributed by atoms with Gasteiger partial charge in [-0.05, 0) is 45.7 Å². The molecule has 94 valence electrons. The molecular formula is C12H25N3O. The molecule has 1 heterocycles. The van der Waals surface area contributed by atoms with Crippen molar-refractivity contribution in [2.75, 3.05) is 26.2 Å². The zero-order valence-electron chi connectivity index (χ0n) is 10.5. The van der Waals surface area contributed by atoms with E-state index in [2.05, 4.69) is 24.1 Å². The highest BCUT2D eigenvalue weighted by atomic mass is 16.1. The third-order valence-electron chi connectivity index (χ3n) is 3.33. The number of piperidine rings is 1. The number of carbonyl (C=O) groups is 1. The van der Waals surface area contributed by atoms with Gasteiger partial charge in [-0.2, -0.15) is 0 Å². The lowest BCUT2D eigenvalue weighted by Gasteiger charge is -2.32. The van der Waals surface area contributed by atoms with Crippen molar-refractivity contribution in [2.45, 2.75) is 39.2 Å². The molecule has 1 amide bonds. The summed E-state index contributed by atoms with van der Waals surface area (Å²) < 4.78 is 0. The first kappa shape index (κ1) is 13.5. The van der Waals surface area contributed by atoms with Crippen LogP contribution in [0.1, 0.15) is 33.1 Å². The second kappa shape index (κ2) is 6.86. The van der Waals surface area contributed by atoms with Crippen LogP contribution in [0, 0.1) is 5.92 Å². The van der Waals surface area contributed by atoms with E-state index < -0.39 is 0 Å². The molecule has 0 spiro atoms. The normalized spacial score (nSPS) is 18.2. The Balaban J connectivity index is 2.34. The third kappa shape index (κ3) is 4.94. The van der Waals surface area contributed by atoms with Gasteiger partial charge in [0.15, 0.2) is 0 Å². The molecule has 4 nitrogen and oxygen atoms in total. The smallest absolute Gasteiger partial charge is 0.218 e. The molecule has 0 saturated carbocycles. The number of nitrogens with one attached hydrogen (secondary N) is 1. The van der Waals surface area contributed by atoms with E-state index in [1.807, 2.05) is 0 Å². The minimum atomic E-state index is -0.198. The van der Waals surface area contributed by atoms with Crippen LogP contribution in [0.25, 0.3) is 0 Å². The van der Waals surface area contributed by atoms with Gasteiger partial charge < -0.3 is 16.0 Å². The molecule has 0 aromatic carbocycles. The fourth-order valence-electron chi connectivity index (χ4n) is 2.21. The number of nitrogens with zero attached hydrogens (tertiary/aromatic N) is 1. The van der Waals surface area contributed by atoms with Crippen LogP contribution in [0.3, 0.4) is 0 Å². The van der Waals surface area contributed by atoms with E-state index in [1.165, 1.54) is 12.8 Å². The Morgan fingerprint density at radius 3 is 2.56 bits per heavy atom. The van der Waals surface area contributed by atoms with E-state index in [1.54, 1.807) is 0 Å². The van der Waals surface area contributed by atoms with Crippen LogP contribution in [0.15, 0.2) is 0 Å². The van der Waals surface area contributed by atoms with E-state index in [-0.39, 0.29) is 5.91 Å². The van der Waals surface area contributed by atoms with Gasteiger partial charge in [0.05, 0.1) is 0 Å². The first-order chi connectivity index (χ1) is 7.59. The lowest BCUT2D eigenvalue weighted by molar-refractivity contribution is -0.118. The van der Waals surface area contributed by atoms with Crippen LogP contribution < -0.4 is 11.1 Å². The molecule has 16 heavy (non-hydrogen) atoms. The van der Waals surface area contributed by atoms with Gasteiger partial charge >= 0.3 is 0 Å². The van der Waals surface area contributed by atoms with Crippen molar-refractivity contribution >= 4 is 5.91 Å². The summed E-state index contributed by atoms with van der Waals surface area (Å²) in [6.07, 6.45) is 2.97. The van der Waals surface area contributed by atoms with Crippen LogP contribution >= 0.6 is 0 Å². The van der Waals surface area contributed by atoms with Crippen molar-refractivity contribution in [3.05, 3.63) is 0 Å². The summed E-state index contributed by atoms with van der Waals surface area (Å²) in [4.78, 5) is 13.2. The Kier molecular flexibility index (Phi) is 5.77. The summed E-state index contributed by atoms with van der Waals surface area (Å²) in [6, 6.07) is 0.495. The average molecular weight is 227 g/mol. The number of rotatable bonds is 6. The predicted octanol–water partition coefficient (Wildman–Crippen LogP) is 0.572. The third-order valence-corrected chi connectivity index (χ3v) is 3.33. The van der Waals surface area contributed by atoms with Gasteiger partial charge in [-0.25, -0.2) is 0 Å². The summed E-state index contributed by atoms with van der Waals surface area (Å²) in [5.41, 5.74) is 5.20. The molecule has 0 aliphatic carbocycles. The van der Waals surface area contributed by atoms with Crippen LogP contribution in [-0.2, 0) is 4.79 Å². The molecule has 0 aromatic heterocycles. The van der Waals surface area contributed by atoms with Crippen molar-refractivity contribution in [2.24, 2.45) is 11.7 Å². The minimum Gasteiger partial charge on any atom is -0.370 e. The summed E-state index contributed by atoms with van der Waals surface area (Å²) in [7, 11) is 0. The monoisotopic (exact) mass is 227 g/mol. The molecule has 1 fully saturated rings. The topological polar surface area (TPSA) is 58.4 Å². The molecule has 1 aliphatic heterocycles. The highest BCUT2D eigenvalue weighted by Crippen LogP contribution is 2.15. The van der Waals surface area contributed by atoms with Gasteiger partial charge in [-0.3, -0.25) is 4.79 Å². The summed E-state index contributed by atoms with van der Waals surface area (Å²) in [5, 5.41) is 3.37. The Hall–Kier alpha value is -0.610. The minimum absolute atomic E-state index is 0.198. The molecule has 1 rings (SSSR count). The summed E-state index contributed by atoms with van der Waals surface area (Å²) >= 11 is 0. The SMILES string of the molecule is CC(C)N(CCC(N)=O)CC1CCNCC1. The van der Waals surface area contributed by atoms with Crippen molar-refractivity contribution in [3.8, 4) is 0 Å². The van der Waals surface area contributed by atoms with Crippen LogP contribution in [0.5, 0.6) is 0 Å². The summed E-state index contributed by atoms with van der Waals surface area (Å²) in [6.45, 7) is 8.53. The van der Waals surface area contributed by atoms with Crippen molar-refractivity contribution in [3.63, 3.8) is 0 Å². The Labute approximate surface area is 98.6 Å². The van der Waals surface area contributed by atoms with E-state index >= 15 is 0 Å². The van der Waals surface area contributed by atoms with Crippen molar-refractivity contribution in [1.82, 2.24) is 10.2 Å². The lowest BCUT2D eigenvalue weighted by atomic mass is 9.97. The van der Waals surface area contributed by atoms with Gasteiger partial charge in [-0.1, -0.05) is 0 Å². The molecule has 0 bridgehead atoms. The van der Waals surface area contributed by atoms with Gasteiger partial charge in [0, 0.05) is 25.6 Å². The Morgan fingerprint density at radius 1 is 1.44 bits per heavy atom. The maximum absolute atomic E-state index is 10.8. The largest absolute Gasteiger partial charge is 0.370 e. The first-order valence-electron chi connectivity index (χ1n) is 6.32. The fraction of sp³-hybridized carbons (Fsp3) is 0.917. The molecule has 1 aliphatic rings. The number of hydrogen-bond donors (Lipinski definition) is 2. The molecular weight excluding hydrogens is 202 g/mol. The molecule has 0 radical (unpaired) electrons. The number of hydrogen-bond acceptors (Lipinski definition) is 3. The molecule has 1 saturated heterocycles. The maximum atomic E-state index is 10.8. The molecule has 4 heteroatoms. The van der Waals surface area contributed by atoms with Crippen molar-refractivity contribution in [1.29, 1.82) is 0 Å². The zero-order chi connectivity index (χ0) is 12.0. The number of amides is 1. The number of carbonyl (C=O) groups excluding carboxylic acids is 1. The highest BCUT2D eigenvalue weighted by molar-refractivity contribution is 5.73. The molecule has 0 atom stereocenters. The highest BCUT2D eigenvalue weighted by Gasteiger charge is 2.18. The lowest BCUT2D eigenvalue weighted by Crippen LogP contribution is -2.40. The second-order valence-electron chi connectivity index (χ2n) is 5.00. The maximum Gasteiger partial charge on any atom is 0.218 e. The van der Waals surface area contributed by atoms with Crippen molar-refractivity contribution < 1.29 is 4.79 Å². The fourth-order valence-corrected chi connectivity index (χ4v) is 2.21. The van der Waals surface area contributed by atoms with Crippen LogP contribution in [-0.4, -0.2) is 43.0 Å². The van der Waals surface area contributed by atoms with E-state index in [9.17, 15) is 4.79 Å². The first-order valence-corrected chi connectivity index (χ1v) is 6.32. The van der Waals surface area contributed by atoms with Crippen LogP contribution in [0.4, 0.5) is 0 Å². The second-order valence-corrected chi connectivity index (χ2v) is 5.00. The standard InChI is InChI=1S/C12H25N3O/c1-10(2)15(8-5-12(13)16)9-11-3-6-14-7-4-11/h10-11,14H,3-9H2,1-2H3,(H2,13,16). The molecule has 0 unspecified atom stereocenters. The van der Waals surface area contributed by atoms with Gasteiger partial charge in [0.1, 0.15) is 0 Å². The Bertz CT molecular complexity index is 212. The van der Waals surface area contributed by atoms with E-state index in [0.717, 1.165) is 32.1 Å². The van der Waals surface area contributed by atoms with Crippen LogP contribution in [0.2, 0.25) is 0 Å². The quantitative estimate of drug-likeness (QED) is 0.697. The predicted molar refractivity (Wildman–Crippen MR) is 66.1 cm³/mol. The van der Waals surface area contributed by atoms with Gasteiger partial charge in [0.2, 0.25) is 5.91 Å². The van der Waals surface area contributed by atoms with E-state index in [4.69, 9.17) is 5.73 Å².